The number of nitrogens with zero attached hydrogens (tertiary/aromatic N) is 3. The summed E-state index contributed by atoms with van der Waals surface area (Å²) in [6.45, 7) is 7.23. The van der Waals surface area contributed by atoms with Gasteiger partial charge in [-0.05, 0) is 83.8 Å². The normalized spacial score (nSPS) is 17.0. The standard InChI is InChI=1S/C40H49N3O/c1-37(2,3)27-19-20-41-32(24-27)26-16-13-15-25(21-26)29-17-14-18-33-34(29)42-36(43(33)40(10,11)12)30-22-28(38(4,5)6)23-31(35(30)44)39(7,8)9/h13-24,44H,1-12H3/i10D3,11D3,12D3. The van der Waals surface area contributed by atoms with Crippen molar-refractivity contribution in [3.63, 3.8) is 0 Å². The number of benzene rings is 3. The van der Waals surface area contributed by atoms with E-state index >= 15 is 0 Å². The third kappa shape index (κ3) is 5.92. The van der Waals surface area contributed by atoms with Crippen molar-refractivity contribution in [3.8, 4) is 39.5 Å². The first kappa shape index (κ1) is 21.7. The molecule has 0 aliphatic heterocycles. The molecule has 5 aromatic rings. The van der Waals surface area contributed by atoms with E-state index in [1.165, 1.54) is 6.07 Å². The summed E-state index contributed by atoms with van der Waals surface area (Å²) in [5.74, 6) is -0.522. The fourth-order valence-electron chi connectivity index (χ4n) is 5.56. The van der Waals surface area contributed by atoms with Crippen LogP contribution in [0.25, 0.3) is 44.8 Å². The fourth-order valence-corrected chi connectivity index (χ4v) is 5.56. The highest BCUT2D eigenvalue weighted by Gasteiger charge is 2.30. The monoisotopic (exact) mass is 596 g/mol. The lowest BCUT2D eigenvalue weighted by Gasteiger charge is -2.29. The number of rotatable bonds is 3. The number of imidazole rings is 1. The molecule has 230 valence electrons. The van der Waals surface area contributed by atoms with E-state index in [2.05, 4.69) is 25.8 Å². The minimum Gasteiger partial charge on any atom is -0.507 e. The van der Waals surface area contributed by atoms with E-state index in [4.69, 9.17) is 17.3 Å². The van der Waals surface area contributed by atoms with Crippen molar-refractivity contribution in [3.05, 3.63) is 89.6 Å². The van der Waals surface area contributed by atoms with Crippen LogP contribution in [0.4, 0.5) is 0 Å². The highest BCUT2D eigenvalue weighted by Crippen LogP contribution is 2.44. The second-order valence-electron chi connectivity index (χ2n) is 14.8. The molecule has 0 aliphatic carbocycles. The van der Waals surface area contributed by atoms with Crippen LogP contribution in [0.5, 0.6) is 5.75 Å². The van der Waals surface area contributed by atoms with Gasteiger partial charge < -0.3 is 9.67 Å². The van der Waals surface area contributed by atoms with Gasteiger partial charge in [0.15, 0.2) is 0 Å². The lowest BCUT2D eigenvalue weighted by molar-refractivity contribution is 0.410. The van der Waals surface area contributed by atoms with Gasteiger partial charge in [-0.1, -0.05) is 98.7 Å². The van der Waals surface area contributed by atoms with Gasteiger partial charge >= 0.3 is 0 Å². The molecule has 0 saturated carbocycles. The molecule has 0 saturated heterocycles. The molecular weight excluding hydrogens is 538 g/mol. The van der Waals surface area contributed by atoms with E-state index in [1.807, 2.05) is 84.0 Å². The van der Waals surface area contributed by atoms with Crippen molar-refractivity contribution in [2.75, 3.05) is 0 Å². The van der Waals surface area contributed by atoms with Crippen molar-refractivity contribution in [2.45, 2.75) is 105 Å². The molecule has 1 N–H and O–H groups in total. The number of aromatic hydroxyl groups is 1. The molecule has 4 heteroatoms. The summed E-state index contributed by atoms with van der Waals surface area (Å²) in [4.78, 5) is 9.58. The second-order valence-corrected chi connectivity index (χ2v) is 14.8. The van der Waals surface area contributed by atoms with E-state index in [-0.39, 0.29) is 33.6 Å². The van der Waals surface area contributed by atoms with Crippen molar-refractivity contribution in [2.24, 2.45) is 0 Å². The third-order valence-electron chi connectivity index (χ3n) is 8.14. The lowest BCUT2D eigenvalue weighted by atomic mass is 9.78. The molecule has 0 spiro atoms. The Morgan fingerprint density at radius 2 is 1.34 bits per heavy atom. The van der Waals surface area contributed by atoms with E-state index in [0.29, 0.717) is 16.7 Å². The zero-order chi connectivity index (χ0) is 39.9. The number of phenols is 1. The number of fused-ring (bicyclic) bond motifs is 1. The van der Waals surface area contributed by atoms with Gasteiger partial charge in [-0.2, -0.15) is 0 Å². The molecule has 0 radical (unpaired) electrons. The minimum atomic E-state index is -3.60. The summed E-state index contributed by atoms with van der Waals surface area (Å²) < 4.78 is 79.1. The Kier molecular flexibility index (Phi) is 5.24. The van der Waals surface area contributed by atoms with Crippen molar-refractivity contribution >= 4 is 11.0 Å². The summed E-state index contributed by atoms with van der Waals surface area (Å²) in [7, 11) is 0. The van der Waals surface area contributed by atoms with Crippen LogP contribution >= 0.6 is 0 Å². The van der Waals surface area contributed by atoms with E-state index in [1.54, 1.807) is 24.4 Å². The van der Waals surface area contributed by atoms with Gasteiger partial charge in [0.25, 0.3) is 0 Å². The molecule has 0 unspecified atom stereocenters. The van der Waals surface area contributed by atoms with Crippen molar-refractivity contribution in [1.82, 2.24) is 14.5 Å². The smallest absolute Gasteiger partial charge is 0.145 e. The van der Waals surface area contributed by atoms with Crippen LogP contribution in [0.1, 0.15) is 112 Å². The van der Waals surface area contributed by atoms with Crippen LogP contribution in [-0.2, 0) is 21.8 Å². The molecule has 4 nitrogen and oxygen atoms in total. The van der Waals surface area contributed by atoms with Gasteiger partial charge in [-0.3, -0.25) is 4.98 Å². The summed E-state index contributed by atoms with van der Waals surface area (Å²) >= 11 is 0. The quantitative estimate of drug-likeness (QED) is 0.225. The van der Waals surface area contributed by atoms with Gasteiger partial charge in [0.05, 0.1) is 22.3 Å². The summed E-state index contributed by atoms with van der Waals surface area (Å²) in [6, 6.07) is 20.0. The average molecular weight is 597 g/mol. The van der Waals surface area contributed by atoms with Crippen LogP contribution in [-0.4, -0.2) is 19.6 Å². The van der Waals surface area contributed by atoms with Crippen LogP contribution in [0.2, 0.25) is 0 Å². The van der Waals surface area contributed by atoms with E-state index in [9.17, 15) is 5.11 Å². The summed E-state index contributed by atoms with van der Waals surface area (Å²) in [6.07, 6.45) is 1.76. The molecule has 0 bridgehead atoms. The van der Waals surface area contributed by atoms with Gasteiger partial charge in [0, 0.05) is 40.8 Å². The number of hydrogen-bond donors (Lipinski definition) is 1. The Bertz CT molecular complexity index is 2140. The Labute approximate surface area is 276 Å². The van der Waals surface area contributed by atoms with Gasteiger partial charge in [-0.15, -0.1) is 0 Å². The van der Waals surface area contributed by atoms with E-state index in [0.717, 1.165) is 27.0 Å². The topological polar surface area (TPSA) is 50.9 Å². The first-order valence-electron chi connectivity index (χ1n) is 19.5. The minimum absolute atomic E-state index is 0.0167. The predicted octanol–water partition coefficient (Wildman–Crippen LogP) is 10.8. The first-order chi connectivity index (χ1) is 24.0. The number of para-hydroxylation sites is 1. The Balaban J connectivity index is 1.98. The maximum Gasteiger partial charge on any atom is 0.145 e. The lowest BCUT2D eigenvalue weighted by Crippen LogP contribution is -2.23. The molecule has 44 heavy (non-hydrogen) atoms. The molecule has 3 aromatic carbocycles. The van der Waals surface area contributed by atoms with Gasteiger partial charge in [0.1, 0.15) is 11.6 Å². The molecule has 2 aromatic heterocycles. The molecule has 0 aliphatic rings. The number of pyridine rings is 1. The van der Waals surface area contributed by atoms with Crippen LogP contribution in [0, 0.1) is 0 Å². The summed E-state index contributed by atoms with van der Waals surface area (Å²) in [5, 5.41) is 12.0. The average Bonchev–Trinajstić information content (AvgIpc) is 3.37. The van der Waals surface area contributed by atoms with E-state index < -0.39 is 36.9 Å². The zero-order valence-electron chi connectivity index (χ0n) is 36.2. The molecule has 2 heterocycles. The highest BCUT2D eigenvalue weighted by atomic mass is 16.3. The number of hydrogen-bond acceptors (Lipinski definition) is 3. The number of phenolic OH excluding ortho intramolecular Hbond substituents is 1. The molecule has 5 rings (SSSR count). The maximum atomic E-state index is 12.0. The molecule has 0 amide bonds. The van der Waals surface area contributed by atoms with Crippen molar-refractivity contribution in [1.29, 1.82) is 0 Å². The van der Waals surface area contributed by atoms with Crippen LogP contribution in [0.3, 0.4) is 0 Å². The zero-order valence-corrected chi connectivity index (χ0v) is 27.2. The molecular formula is C40H49N3O. The third-order valence-corrected chi connectivity index (χ3v) is 8.14. The Morgan fingerprint density at radius 3 is 1.98 bits per heavy atom. The van der Waals surface area contributed by atoms with Crippen LogP contribution in [0.15, 0.2) is 72.9 Å². The molecule has 0 fully saturated rings. The van der Waals surface area contributed by atoms with Gasteiger partial charge in [0.2, 0.25) is 0 Å². The van der Waals surface area contributed by atoms with Crippen molar-refractivity contribution < 1.29 is 17.4 Å². The van der Waals surface area contributed by atoms with Crippen LogP contribution < -0.4 is 0 Å². The first-order valence-corrected chi connectivity index (χ1v) is 15.0. The maximum absolute atomic E-state index is 12.0. The second kappa shape index (κ2) is 10.6. The van der Waals surface area contributed by atoms with Gasteiger partial charge in [-0.25, -0.2) is 4.98 Å². The fraction of sp³-hybridized carbons (Fsp3) is 0.400. The largest absolute Gasteiger partial charge is 0.507 e. The highest BCUT2D eigenvalue weighted by molar-refractivity contribution is 5.95. The molecule has 0 atom stereocenters. The summed E-state index contributed by atoms with van der Waals surface area (Å²) in [5.41, 5.74) is 0.597. The predicted molar refractivity (Wildman–Crippen MR) is 187 cm³/mol. The SMILES string of the molecule is [2H]C([2H])([2H])C(n1c(-c2cc(C(C)(C)C)cc(C(C)(C)C)c2O)nc2c(-c3cccc(-c4cc(C(C)(C)C)ccn4)c3)cccc21)(C([2H])([2H])[2H])C([2H])([2H])[2H]. The Hall–Kier alpha value is -3.92. The number of aromatic nitrogens is 3. The Morgan fingerprint density at radius 1 is 0.682 bits per heavy atom.